The van der Waals surface area contributed by atoms with Gasteiger partial charge in [-0.1, -0.05) is 25.2 Å². The Balaban J connectivity index is 1.82. The lowest BCUT2D eigenvalue weighted by atomic mass is 9.93. The summed E-state index contributed by atoms with van der Waals surface area (Å²) in [7, 11) is 1.67. The predicted molar refractivity (Wildman–Crippen MR) is 101 cm³/mol. The van der Waals surface area contributed by atoms with Gasteiger partial charge in [-0.05, 0) is 17.9 Å². The standard InChI is InChI=1S/C19H28N4O3/c1-14-4-3-5-15(12-14)17-16(18(24)23-7-10-26-11-8-23)13-21-19(22-17)20-6-9-25-2/h3,5,12,14H,4,6-11,13H2,1-2H3,(H2,20,21,22). The maximum atomic E-state index is 13.1. The largest absolute Gasteiger partial charge is 0.383 e. The first-order valence-electron chi connectivity index (χ1n) is 9.22. The SMILES string of the molecule is COCCNC1=NCC(C(=O)N2CCOCC2)=C(C2=CC(C)CC=C2)N1. The minimum atomic E-state index is 0.0445. The molecule has 0 radical (unpaired) electrons. The summed E-state index contributed by atoms with van der Waals surface area (Å²) in [4.78, 5) is 19.4. The lowest BCUT2D eigenvalue weighted by Gasteiger charge is -2.31. The molecule has 1 aliphatic carbocycles. The molecule has 1 saturated heterocycles. The maximum absolute atomic E-state index is 13.1. The quantitative estimate of drug-likeness (QED) is 0.710. The molecule has 142 valence electrons. The van der Waals surface area contributed by atoms with Crippen molar-refractivity contribution < 1.29 is 14.3 Å². The van der Waals surface area contributed by atoms with Gasteiger partial charge < -0.3 is 25.0 Å². The summed E-state index contributed by atoms with van der Waals surface area (Å²) in [5, 5.41) is 6.56. The van der Waals surface area contributed by atoms with Gasteiger partial charge in [-0.25, -0.2) is 4.99 Å². The summed E-state index contributed by atoms with van der Waals surface area (Å²) in [6, 6.07) is 0. The fraction of sp³-hybridized carbons (Fsp3) is 0.579. The number of nitrogens with zero attached hydrogens (tertiary/aromatic N) is 2. The molecule has 3 aliphatic rings. The Hall–Kier alpha value is -2.12. The van der Waals surface area contributed by atoms with Crippen LogP contribution in [0.3, 0.4) is 0 Å². The number of guanidine groups is 1. The van der Waals surface area contributed by atoms with Crippen molar-refractivity contribution in [1.82, 2.24) is 15.5 Å². The van der Waals surface area contributed by atoms with Crippen molar-refractivity contribution in [3.05, 3.63) is 35.1 Å². The van der Waals surface area contributed by atoms with Gasteiger partial charge in [0.2, 0.25) is 0 Å². The molecule has 2 aliphatic heterocycles. The number of amides is 1. The van der Waals surface area contributed by atoms with Gasteiger partial charge in [-0.3, -0.25) is 4.79 Å². The molecule has 7 heteroatoms. The lowest BCUT2D eigenvalue weighted by molar-refractivity contribution is -0.131. The maximum Gasteiger partial charge on any atom is 0.253 e. The Kier molecular flexibility index (Phi) is 6.46. The van der Waals surface area contributed by atoms with Crippen LogP contribution in [-0.4, -0.2) is 69.9 Å². The van der Waals surface area contributed by atoms with E-state index in [9.17, 15) is 4.79 Å². The van der Waals surface area contributed by atoms with Crippen LogP contribution in [0.1, 0.15) is 13.3 Å². The van der Waals surface area contributed by atoms with E-state index in [1.807, 2.05) is 4.90 Å². The molecule has 26 heavy (non-hydrogen) atoms. The van der Waals surface area contributed by atoms with Gasteiger partial charge >= 0.3 is 0 Å². The molecule has 2 N–H and O–H groups in total. The van der Waals surface area contributed by atoms with Crippen molar-refractivity contribution in [2.24, 2.45) is 10.9 Å². The van der Waals surface area contributed by atoms with Crippen LogP contribution in [0.4, 0.5) is 0 Å². The van der Waals surface area contributed by atoms with Crippen molar-refractivity contribution in [2.45, 2.75) is 13.3 Å². The van der Waals surface area contributed by atoms with E-state index < -0.39 is 0 Å². The number of nitrogens with one attached hydrogen (secondary N) is 2. The highest BCUT2D eigenvalue weighted by molar-refractivity contribution is 5.99. The third-order valence-corrected chi connectivity index (χ3v) is 4.65. The van der Waals surface area contributed by atoms with Crippen LogP contribution in [-0.2, 0) is 14.3 Å². The van der Waals surface area contributed by atoms with Crippen LogP contribution in [0.2, 0.25) is 0 Å². The Morgan fingerprint density at radius 2 is 2.27 bits per heavy atom. The number of allylic oxidation sites excluding steroid dienone is 3. The third kappa shape index (κ3) is 4.53. The van der Waals surface area contributed by atoms with E-state index in [2.05, 4.69) is 40.8 Å². The predicted octanol–water partition coefficient (Wildman–Crippen LogP) is 0.817. The van der Waals surface area contributed by atoms with E-state index in [1.54, 1.807) is 7.11 Å². The number of carbonyl (C=O) groups is 1. The normalized spacial score (nSPS) is 23.3. The van der Waals surface area contributed by atoms with E-state index in [4.69, 9.17) is 9.47 Å². The molecule has 0 aromatic heterocycles. The Morgan fingerprint density at radius 3 is 3.00 bits per heavy atom. The molecular weight excluding hydrogens is 332 g/mol. The summed E-state index contributed by atoms with van der Waals surface area (Å²) in [5.41, 5.74) is 2.63. The zero-order valence-electron chi connectivity index (χ0n) is 15.6. The van der Waals surface area contributed by atoms with Crippen LogP contribution >= 0.6 is 0 Å². The number of morpholine rings is 1. The number of hydrogen-bond acceptors (Lipinski definition) is 6. The van der Waals surface area contributed by atoms with Gasteiger partial charge in [0.1, 0.15) is 0 Å². The summed E-state index contributed by atoms with van der Waals surface area (Å²) in [6.45, 7) is 6.25. The summed E-state index contributed by atoms with van der Waals surface area (Å²) < 4.78 is 10.4. The summed E-state index contributed by atoms with van der Waals surface area (Å²) >= 11 is 0. The second-order valence-corrected chi connectivity index (χ2v) is 6.70. The number of methoxy groups -OCH3 is 1. The summed E-state index contributed by atoms with van der Waals surface area (Å²) in [5.74, 6) is 1.18. The van der Waals surface area contributed by atoms with Crippen molar-refractivity contribution in [3.8, 4) is 0 Å². The molecule has 2 heterocycles. The molecule has 0 saturated carbocycles. The van der Waals surface area contributed by atoms with Crippen molar-refractivity contribution in [2.75, 3.05) is 53.1 Å². The fourth-order valence-electron chi connectivity index (χ4n) is 3.23. The summed E-state index contributed by atoms with van der Waals surface area (Å²) in [6.07, 6.45) is 7.49. The first-order chi connectivity index (χ1) is 12.7. The molecule has 0 spiro atoms. The topological polar surface area (TPSA) is 75.2 Å². The van der Waals surface area contributed by atoms with Crippen LogP contribution < -0.4 is 10.6 Å². The highest BCUT2D eigenvalue weighted by atomic mass is 16.5. The monoisotopic (exact) mass is 360 g/mol. The molecule has 0 aromatic rings. The van der Waals surface area contributed by atoms with Gasteiger partial charge in [0, 0.05) is 26.7 Å². The average Bonchev–Trinajstić information content (AvgIpc) is 2.68. The molecule has 1 unspecified atom stereocenters. The Morgan fingerprint density at radius 1 is 1.46 bits per heavy atom. The van der Waals surface area contributed by atoms with Gasteiger partial charge in [0.05, 0.1) is 37.6 Å². The van der Waals surface area contributed by atoms with Crippen LogP contribution in [0.15, 0.2) is 40.1 Å². The van der Waals surface area contributed by atoms with E-state index in [0.717, 1.165) is 17.7 Å². The van der Waals surface area contributed by atoms with E-state index in [0.29, 0.717) is 63.5 Å². The van der Waals surface area contributed by atoms with Gasteiger partial charge in [-0.15, -0.1) is 0 Å². The minimum absolute atomic E-state index is 0.0445. The fourth-order valence-corrected chi connectivity index (χ4v) is 3.23. The molecule has 1 amide bonds. The number of rotatable bonds is 5. The molecular formula is C19H28N4O3. The number of ether oxygens (including phenoxy) is 2. The van der Waals surface area contributed by atoms with Crippen molar-refractivity contribution >= 4 is 11.9 Å². The molecule has 1 fully saturated rings. The van der Waals surface area contributed by atoms with E-state index >= 15 is 0 Å². The molecule has 0 aromatic carbocycles. The Labute approximate surface area is 154 Å². The second kappa shape index (κ2) is 9.00. The van der Waals surface area contributed by atoms with E-state index in [-0.39, 0.29) is 5.91 Å². The van der Waals surface area contributed by atoms with Crippen LogP contribution in [0, 0.1) is 5.92 Å². The van der Waals surface area contributed by atoms with Crippen LogP contribution in [0.25, 0.3) is 0 Å². The van der Waals surface area contributed by atoms with E-state index in [1.165, 1.54) is 0 Å². The minimum Gasteiger partial charge on any atom is -0.383 e. The van der Waals surface area contributed by atoms with Gasteiger partial charge in [0.15, 0.2) is 5.96 Å². The molecule has 1 atom stereocenters. The highest BCUT2D eigenvalue weighted by Crippen LogP contribution is 2.25. The highest BCUT2D eigenvalue weighted by Gasteiger charge is 2.27. The number of aliphatic imine (C=N–C) groups is 1. The van der Waals surface area contributed by atoms with Gasteiger partial charge in [0.25, 0.3) is 5.91 Å². The third-order valence-electron chi connectivity index (χ3n) is 4.65. The zero-order chi connectivity index (χ0) is 18.4. The molecule has 0 bridgehead atoms. The lowest BCUT2D eigenvalue weighted by Crippen LogP contribution is -2.46. The number of carbonyl (C=O) groups excluding carboxylic acids is 1. The number of hydrogen-bond donors (Lipinski definition) is 2. The van der Waals surface area contributed by atoms with Crippen molar-refractivity contribution in [3.63, 3.8) is 0 Å². The Bertz CT molecular complexity index is 645. The van der Waals surface area contributed by atoms with Crippen molar-refractivity contribution in [1.29, 1.82) is 0 Å². The first kappa shape index (κ1) is 18.7. The first-order valence-corrected chi connectivity index (χ1v) is 9.22. The molecule has 7 nitrogen and oxygen atoms in total. The second-order valence-electron chi connectivity index (χ2n) is 6.70. The zero-order valence-corrected chi connectivity index (χ0v) is 15.6. The smallest absolute Gasteiger partial charge is 0.253 e. The van der Waals surface area contributed by atoms with Crippen LogP contribution in [0.5, 0.6) is 0 Å². The molecule has 3 rings (SSSR count). The average molecular weight is 360 g/mol. The van der Waals surface area contributed by atoms with Gasteiger partial charge in [-0.2, -0.15) is 0 Å².